The summed E-state index contributed by atoms with van der Waals surface area (Å²) < 4.78 is 0. The fraction of sp³-hybridized carbons (Fsp3) is 0.500. The Bertz CT molecular complexity index is 504. The molecule has 3 amide bonds. The van der Waals surface area contributed by atoms with Gasteiger partial charge in [0.25, 0.3) is 0 Å². The summed E-state index contributed by atoms with van der Waals surface area (Å²) in [6.45, 7) is 3.79. The number of hydrogen-bond acceptors (Lipinski definition) is 4. The predicted octanol–water partition coefficient (Wildman–Crippen LogP) is 0.911. The highest BCUT2D eigenvalue weighted by Crippen LogP contribution is 2.22. The van der Waals surface area contributed by atoms with Crippen LogP contribution in [0, 0.1) is 6.92 Å². The van der Waals surface area contributed by atoms with E-state index in [0.717, 1.165) is 37.3 Å². The molecule has 0 bridgehead atoms. The summed E-state index contributed by atoms with van der Waals surface area (Å²) >= 11 is 0. The summed E-state index contributed by atoms with van der Waals surface area (Å²) in [5.41, 5.74) is 1.14. The Labute approximate surface area is 117 Å². The first-order valence-electron chi connectivity index (χ1n) is 6.92. The van der Waals surface area contributed by atoms with Gasteiger partial charge in [0.1, 0.15) is 5.82 Å². The second-order valence-electron chi connectivity index (χ2n) is 5.33. The zero-order valence-corrected chi connectivity index (χ0v) is 11.5. The summed E-state index contributed by atoms with van der Waals surface area (Å²) in [4.78, 5) is 31.3. The van der Waals surface area contributed by atoms with Crippen LogP contribution in [0.3, 0.4) is 0 Å². The van der Waals surface area contributed by atoms with Crippen LogP contribution in [0.2, 0.25) is 0 Å². The molecule has 2 saturated heterocycles. The Hall–Kier alpha value is -2.11. The quantitative estimate of drug-likeness (QED) is 0.814. The van der Waals surface area contributed by atoms with Crippen molar-refractivity contribution in [2.45, 2.75) is 25.8 Å². The molecule has 6 nitrogen and oxygen atoms in total. The molecular weight excluding hydrogens is 256 g/mol. The zero-order valence-electron chi connectivity index (χ0n) is 11.5. The Morgan fingerprint density at radius 3 is 2.55 bits per heavy atom. The molecule has 1 aromatic heterocycles. The monoisotopic (exact) mass is 274 g/mol. The smallest absolute Gasteiger partial charge is 0.324 e. The molecule has 0 aliphatic carbocycles. The highest BCUT2D eigenvalue weighted by molar-refractivity contribution is 6.02. The predicted molar refractivity (Wildman–Crippen MR) is 74.5 cm³/mol. The van der Waals surface area contributed by atoms with Crippen molar-refractivity contribution in [1.82, 2.24) is 15.2 Å². The molecule has 0 radical (unpaired) electrons. The van der Waals surface area contributed by atoms with Gasteiger partial charge in [-0.3, -0.25) is 9.69 Å². The number of anilines is 1. The first kappa shape index (κ1) is 12.9. The van der Waals surface area contributed by atoms with Crippen LogP contribution in [0.5, 0.6) is 0 Å². The average molecular weight is 274 g/mol. The summed E-state index contributed by atoms with van der Waals surface area (Å²) in [6, 6.07) is 3.84. The standard InChI is InChI=1S/C14H18N4O2/c1-10-2-3-12(15-8-10)17-6-4-11(5-7-17)18-13(19)9-16-14(18)20/h2-3,8,11H,4-7,9H2,1H3,(H,16,20). The molecule has 0 spiro atoms. The van der Waals surface area contributed by atoms with Crippen LogP contribution in [0.25, 0.3) is 0 Å². The second kappa shape index (κ2) is 5.11. The molecule has 6 heteroatoms. The van der Waals surface area contributed by atoms with Crippen molar-refractivity contribution in [3.05, 3.63) is 23.9 Å². The Balaban J connectivity index is 1.63. The molecule has 3 rings (SSSR count). The normalized spacial score (nSPS) is 20.4. The zero-order chi connectivity index (χ0) is 14.1. The number of carbonyl (C=O) groups is 2. The van der Waals surface area contributed by atoms with Gasteiger partial charge in [0.2, 0.25) is 5.91 Å². The second-order valence-corrected chi connectivity index (χ2v) is 5.33. The van der Waals surface area contributed by atoms with Crippen molar-refractivity contribution < 1.29 is 9.59 Å². The SMILES string of the molecule is Cc1ccc(N2CCC(N3C(=O)CNC3=O)CC2)nc1. The van der Waals surface area contributed by atoms with Gasteiger partial charge in [0.15, 0.2) is 0 Å². The summed E-state index contributed by atoms with van der Waals surface area (Å²) in [5.74, 6) is 0.855. The number of rotatable bonds is 2. The lowest BCUT2D eigenvalue weighted by Crippen LogP contribution is -2.47. The molecule has 1 N–H and O–H groups in total. The molecule has 0 unspecified atom stereocenters. The Kier molecular flexibility index (Phi) is 3.30. The number of hydrogen-bond donors (Lipinski definition) is 1. The van der Waals surface area contributed by atoms with E-state index in [1.165, 1.54) is 4.90 Å². The molecule has 2 fully saturated rings. The number of amides is 3. The number of imide groups is 1. The van der Waals surface area contributed by atoms with E-state index in [4.69, 9.17) is 0 Å². The average Bonchev–Trinajstić information content (AvgIpc) is 2.79. The van der Waals surface area contributed by atoms with Crippen molar-refractivity contribution in [2.24, 2.45) is 0 Å². The van der Waals surface area contributed by atoms with Gasteiger partial charge in [0.05, 0.1) is 6.54 Å². The minimum Gasteiger partial charge on any atom is -0.356 e. The number of piperidine rings is 1. The van der Waals surface area contributed by atoms with Gasteiger partial charge in [-0.05, 0) is 31.4 Å². The molecule has 3 heterocycles. The van der Waals surface area contributed by atoms with Crippen LogP contribution in [0.4, 0.5) is 10.6 Å². The van der Waals surface area contributed by atoms with E-state index in [0.29, 0.717) is 0 Å². The van der Waals surface area contributed by atoms with Crippen LogP contribution in [-0.2, 0) is 4.79 Å². The van der Waals surface area contributed by atoms with E-state index in [-0.39, 0.29) is 24.5 Å². The van der Waals surface area contributed by atoms with Crippen molar-refractivity contribution in [2.75, 3.05) is 24.5 Å². The third kappa shape index (κ3) is 2.33. The third-order valence-electron chi connectivity index (χ3n) is 3.93. The van der Waals surface area contributed by atoms with Crippen LogP contribution < -0.4 is 10.2 Å². The van der Waals surface area contributed by atoms with Crippen molar-refractivity contribution >= 4 is 17.8 Å². The molecule has 20 heavy (non-hydrogen) atoms. The van der Waals surface area contributed by atoms with E-state index in [9.17, 15) is 9.59 Å². The fourth-order valence-electron chi connectivity index (χ4n) is 2.80. The Morgan fingerprint density at radius 2 is 2.00 bits per heavy atom. The summed E-state index contributed by atoms with van der Waals surface area (Å²) in [5, 5.41) is 2.58. The molecule has 1 aromatic rings. The van der Waals surface area contributed by atoms with Crippen molar-refractivity contribution in [1.29, 1.82) is 0 Å². The number of pyridine rings is 1. The number of nitrogens with one attached hydrogen (secondary N) is 1. The third-order valence-corrected chi connectivity index (χ3v) is 3.93. The van der Waals surface area contributed by atoms with E-state index in [1.54, 1.807) is 0 Å². The van der Waals surface area contributed by atoms with Gasteiger partial charge in [-0.2, -0.15) is 0 Å². The van der Waals surface area contributed by atoms with Gasteiger partial charge in [-0.15, -0.1) is 0 Å². The number of nitrogens with zero attached hydrogens (tertiary/aromatic N) is 3. The van der Waals surface area contributed by atoms with Gasteiger partial charge < -0.3 is 10.2 Å². The largest absolute Gasteiger partial charge is 0.356 e. The van der Waals surface area contributed by atoms with Gasteiger partial charge in [-0.25, -0.2) is 9.78 Å². The first-order chi connectivity index (χ1) is 9.65. The molecular formula is C14H18N4O2. The van der Waals surface area contributed by atoms with Crippen LogP contribution in [0.1, 0.15) is 18.4 Å². The maximum atomic E-state index is 11.7. The van der Waals surface area contributed by atoms with Gasteiger partial charge in [0, 0.05) is 25.3 Å². The number of aromatic nitrogens is 1. The number of urea groups is 1. The topological polar surface area (TPSA) is 65.5 Å². The minimum absolute atomic E-state index is 0.0201. The number of aryl methyl sites for hydroxylation is 1. The van der Waals surface area contributed by atoms with E-state index in [2.05, 4.69) is 15.2 Å². The maximum absolute atomic E-state index is 11.7. The molecule has 0 aromatic carbocycles. The highest BCUT2D eigenvalue weighted by Gasteiger charge is 2.36. The lowest BCUT2D eigenvalue weighted by molar-refractivity contribution is -0.126. The summed E-state index contributed by atoms with van der Waals surface area (Å²) in [7, 11) is 0. The van der Waals surface area contributed by atoms with E-state index < -0.39 is 0 Å². The van der Waals surface area contributed by atoms with E-state index in [1.807, 2.05) is 25.3 Å². The van der Waals surface area contributed by atoms with Crippen LogP contribution >= 0.6 is 0 Å². The Morgan fingerprint density at radius 1 is 1.25 bits per heavy atom. The first-order valence-corrected chi connectivity index (χ1v) is 6.92. The van der Waals surface area contributed by atoms with Crippen LogP contribution in [0.15, 0.2) is 18.3 Å². The molecule has 2 aliphatic heterocycles. The highest BCUT2D eigenvalue weighted by atomic mass is 16.2. The lowest BCUT2D eigenvalue weighted by Gasteiger charge is -2.35. The molecule has 2 aliphatic rings. The fourth-order valence-corrected chi connectivity index (χ4v) is 2.80. The minimum atomic E-state index is -0.248. The molecule has 106 valence electrons. The molecule has 0 atom stereocenters. The van der Waals surface area contributed by atoms with Crippen molar-refractivity contribution in [3.63, 3.8) is 0 Å². The van der Waals surface area contributed by atoms with E-state index >= 15 is 0 Å². The number of carbonyl (C=O) groups excluding carboxylic acids is 2. The maximum Gasteiger partial charge on any atom is 0.324 e. The summed E-state index contributed by atoms with van der Waals surface area (Å²) in [6.07, 6.45) is 3.46. The van der Waals surface area contributed by atoms with Gasteiger partial charge >= 0.3 is 6.03 Å². The van der Waals surface area contributed by atoms with Gasteiger partial charge in [-0.1, -0.05) is 6.07 Å². The molecule has 0 saturated carbocycles. The lowest BCUT2D eigenvalue weighted by atomic mass is 10.0. The van der Waals surface area contributed by atoms with Crippen LogP contribution in [-0.4, -0.2) is 47.5 Å². The van der Waals surface area contributed by atoms with Crippen molar-refractivity contribution in [3.8, 4) is 0 Å².